The molecule has 11 heavy (non-hydrogen) atoms. The minimum absolute atomic E-state index is 0.284. The lowest BCUT2D eigenvalue weighted by molar-refractivity contribution is 0.476. The fraction of sp³-hybridized carbons (Fsp3) is 0. The Morgan fingerprint density at radius 3 is 3.00 bits per heavy atom. The molecule has 1 heterocycles. The zero-order chi connectivity index (χ0) is 7.84. The van der Waals surface area contributed by atoms with Gasteiger partial charge in [-0.3, -0.25) is 0 Å². The number of phenols is 1. The quantitative estimate of drug-likeness (QED) is 0.691. The SMILES string of the molecule is Oc1ccc2c(Br)c[nH]c2c1. The van der Waals surface area contributed by atoms with Gasteiger partial charge in [0.2, 0.25) is 0 Å². The lowest BCUT2D eigenvalue weighted by Crippen LogP contribution is -1.66. The van der Waals surface area contributed by atoms with E-state index in [0.29, 0.717) is 0 Å². The van der Waals surface area contributed by atoms with E-state index in [0.717, 1.165) is 15.4 Å². The summed E-state index contributed by atoms with van der Waals surface area (Å²) < 4.78 is 1.02. The van der Waals surface area contributed by atoms with E-state index >= 15 is 0 Å². The van der Waals surface area contributed by atoms with Crippen LogP contribution in [-0.2, 0) is 0 Å². The molecule has 0 spiro atoms. The van der Waals surface area contributed by atoms with Crippen molar-refractivity contribution in [1.29, 1.82) is 0 Å². The predicted octanol–water partition coefficient (Wildman–Crippen LogP) is 2.64. The van der Waals surface area contributed by atoms with Crippen LogP contribution < -0.4 is 0 Å². The molecule has 2 nitrogen and oxygen atoms in total. The molecule has 0 fully saturated rings. The summed E-state index contributed by atoms with van der Waals surface area (Å²) in [4.78, 5) is 3.02. The average molecular weight is 212 g/mol. The predicted molar refractivity (Wildman–Crippen MR) is 47.7 cm³/mol. The number of aromatic nitrogens is 1. The van der Waals surface area contributed by atoms with Gasteiger partial charge in [0.1, 0.15) is 5.75 Å². The third kappa shape index (κ3) is 1.01. The zero-order valence-electron chi connectivity index (χ0n) is 5.63. The largest absolute Gasteiger partial charge is 0.508 e. The van der Waals surface area contributed by atoms with Crippen molar-refractivity contribution < 1.29 is 5.11 Å². The third-order valence-electron chi connectivity index (χ3n) is 1.61. The number of H-pyrrole nitrogens is 1. The fourth-order valence-corrected chi connectivity index (χ4v) is 1.54. The molecule has 2 aromatic rings. The van der Waals surface area contributed by atoms with Crippen LogP contribution in [0.3, 0.4) is 0 Å². The van der Waals surface area contributed by atoms with Gasteiger partial charge in [-0.1, -0.05) is 0 Å². The standard InChI is InChI=1S/C8H6BrNO/c9-7-4-10-8-3-5(11)1-2-6(7)8/h1-4,10-11H. The second-order valence-electron chi connectivity index (χ2n) is 2.37. The molecule has 0 aliphatic carbocycles. The topological polar surface area (TPSA) is 36.0 Å². The van der Waals surface area contributed by atoms with Crippen molar-refractivity contribution in [2.75, 3.05) is 0 Å². The minimum Gasteiger partial charge on any atom is -0.508 e. The smallest absolute Gasteiger partial charge is 0.117 e. The number of aromatic hydroxyl groups is 1. The summed E-state index contributed by atoms with van der Waals surface area (Å²) in [6, 6.07) is 5.23. The second-order valence-corrected chi connectivity index (χ2v) is 3.22. The minimum atomic E-state index is 0.284. The summed E-state index contributed by atoms with van der Waals surface area (Å²) in [5, 5.41) is 10.2. The highest BCUT2D eigenvalue weighted by atomic mass is 79.9. The summed E-state index contributed by atoms with van der Waals surface area (Å²) >= 11 is 3.38. The first-order valence-electron chi connectivity index (χ1n) is 3.23. The van der Waals surface area contributed by atoms with Gasteiger partial charge < -0.3 is 10.1 Å². The number of halogens is 1. The number of hydrogen-bond acceptors (Lipinski definition) is 1. The van der Waals surface area contributed by atoms with Crippen molar-refractivity contribution in [3.05, 3.63) is 28.9 Å². The van der Waals surface area contributed by atoms with Crippen LogP contribution >= 0.6 is 15.9 Å². The summed E-state index contributed by atoms with van der Waals surface area (Å²) in [5.41, 5.74) is 0.942. The van der Waals surface area contributed by atoms with Crippen LogP contribution in [0.2, 0.25) is 0 Å². The normalized spacial score (nSPS) is 10.6. The van der Waals surface area contributed by atoms with Gasteiger partial charge in [0.15, 0.2) is 0 Å². The Bertz CT molecular complexity index is 394. The number of phenolic OH excluding ortho intramolecular Hbond substituents is 1. The molecule has 0 saturated heterocycles. The summed E-state index contributed by atoms with van der Waals surface area (Å²) in [6.07, 6.45) is 1.85. The molecule has 0 unspecified atom stereocenters. The lowest BCUT2D eigenvalue weighted by Gasteiger charge is -1.91. The average Bonchev–Trinajstić information content (AvgIpc) is 2.32. The molecule has 1 aromatic carbocycles. The lowest BCUT2D eigenvalue weighted by atomic mass is 10.2. The molecule has 0 aliphatic heterocycles. The van der Waals surface area contributed by atoms with E-state index in [9.17, 15) is 0 Å². The zero-order valence-corrected chi connectivity index (χ0v) is 7.22. The molecule has 3 heteroatoms. The van der Waals surface area contributed by atoms with Crippen LogP contribution in [0.5, 0.6) is 5.75 Å². The molecule has 0 atom stereocenters. The van der Waals surface area contributed by atoms with Gasteiger partial charge in [0.25, 0.3) is 0 Å². The van der Waals surface area contributed by atoms with Crippen molar-refractivity contribution >= 4 is 26.8 Å². The van der Waals surface area contributed by atoms with E-state index in [1.807, 2.05) is 12.3 Å². The number of hydrogen-bond donors (Lipinski definition) is 2. The molecule has 1 aromatic heterocycles. The number of fused-ring (bicyclic) bond motifs is 1. The molecular weight excluding hydrogens is 206 g/mol. The van der Waals surface area contributed by atoms with E-state index in [-0.39, 0.29) is 5.75 Å². The Labute approximate surface area is 72.0 Å². The van der Waals surface area contributed by atoms with E-state index in [1.54, 1.807) is 12.1 Å². The monoisotopic (exact) mass is 211 g/mol. The molecule has 0 aliphatic rings. The first-order chi connectivity index (χ1) is 5.27. The van der Waals surface area contributed by atoms with Crippen LogP contribution in [0.1, 0.15) is 0 Å². The Morgan fingerprint density at radius 2 is 2.18 bits per heavy atom. The summed E-state index contributed by atoms with van der Waals surface area (Å²) in [7, 11) is 0. The Kier molecular flexibility index (Phi) is 1.39. The third-order valence-corrected chi connectivity index (χ3v) is 2.27. The van der Waals surface area contributed by atoms with Gasteiger partial charge in [-0.05, 0) is 28.1 Å². The summed E-state index contributed by atoms with van der Waals surface area (Å²) in [5.74, 6) is 0.284. The number of aromatic amines is 1. The molecule has 56 valence electrons. The van der Waals surface area contributed by atoms with Gasteiger partial charge >= 0.3 is 0 Å². The van der Waals surface area contributed by atoms with Crippen LogP contribution in [0.15, 0.2) is 28.9 Å². The van der Waals surface area contributed by atoms with Crippen LogP contribution in [0.4, 0.5) is 0 Å². The summed E-state index contributed by atoms with van der Waals surface area (Å²) in [6.45, 7) is 0. The molecule has 0 radical (unpaired) electrons. The van der Waals surface area contributed by atoms with Crippen molar-refractivity contribution in [1.82, 2.24) is 4.98 Å². The molecule has 2 rings (SSSR count). The molecule has 0 amide bonds. The van der Waals surface area contributed by atoms with Crippen molar-refractivity contribution in [3.8, 4) is 5.75 Å². The molecule has 0 bridgehead atoms. The maximum atomic E-state index is 9.10. The van der Waals surface area contributed by atoms with Crippen molar-refractivity contribution in [2.24, 2.45) is 0 Å². The molecular formula is C8H6BrNO. The molecule has 2 N–H and O–H groups in total. The maximum Gasteiger partial charge on any atom is 0.117 e. The van der Waals surface area contributed by atoms with E-state index in [1.165, 1.54) is 0 Å². The Balaban J connectivity index is 2.86. The van der Waals surface area contributed by atoms with Crippen molar-refractivity contribution in [3.63, 3.8) is 0 Å². The van der Waals surface area contributed by atoms with E-state index in [4.69, 9.17) is 5.11 Å². The van der Waals surface area contributed by atoms with Gasteiger partial charge in [0, 0.05) is 22.1 Å². The van der Waals surface area contributed by atoms with Crippen LogP contribution in [0, 0.1) is 0 Å². The highest BCUT2D eigenvalue weighted by Crippen LogP contribution is 2.25. The maximum absolute atomic E-state index is 9.10. The number of benzene rings is 1. The Hall–Kier alpha value is -0.960. The Morgan fingerprint density at radius 1 is 1.36 bits per heavy atom. The van der Waals surface area contributed by atoms with Crippen molar-refractivity contribution in [2.45, 2.75) is 0 Å². The molecule has 0 saturated carbocycles. The fourth-order valence-electron chi connectivity index (χ4n) is 1.08. The van der Waals surface area contributed by atoms with Gasteiger partial charge in [-0.2, -0.15) is 0 Å². The van der Waals surface area contributed by atoms with Crippen LogP contribution in [0.25, 0.3) is 10.9 Å². The highest BCUT2D eigenvalue weighted by molar-refractivity contribution is 9.10. The second kappa shape index (κ2) is 2.27. The van der Waals surface area contributed by atoms with Crippen LogP contribution in [-0.4, -0.2) is 10.1 Å². The van der Waals surface area contributed by atoms with Gasteiger partial charge in [0.05, 0.1) is 5.52 Å². The van der Waals surface area contributed by atoms with Gasteiger partial charge in [-0.15, -0.1) is 0 Å². The first-order valence-corrected chi connectivity index (χ1v) is 4.02. The van der Waals surface area contributed by atoms with E-state index < -0.39 is 0 Å². The van der Waals surface area contributed by atoms with Gasteiger partial charge in [-0.25, -0.2) is 0 Å². The number of rotatable bonds is 0. The van der Waals surface area contributed by atoms with E-state index in [2.05, 4.69) is 20.9 Å². The number of nitrogens with one attached hydrogen (secondary N) is 1. The first kappa shape index (κ1) is 6.73. The highest BCUT2D eigenvalue weighted by Gasteiger charge is 1.99.